The zero-order valence-corrected chi connectivity index (χ0v) is 16.0. The van der Waals surface area contributed by atoms with E-state index in [4.69, 9.17) is 16.3 Å². The van der Waals surface area contributed by atoms with Crippen LogP contribution in [0.5, 0.6) is 0 Å². The Hall–Kier alpha value is -1.50. The van der Waals surface area contributed by atoms with Gasteiger partial charge in [0.05, 0.1) is 6.42 Å². The number of hydrogen-bond donors (Lipinski definition) is 1. The van der Waals surface area contributed by atoms with Gasteiger partial charge in [0.1, 0.15) is 5.60 Å². The van der Waals surface area contributed by atoms with Gasteiger partial charge in [-0.2, -0.15) is 0 Å². The summed E-state index contributed by atoms with van der Waals surface area (Å²) < 4.78 is 5.38. The van der Waals surface area contributed by atoms with Crippen molar-refractivity contribution in [3.63, 3.8) is 0 Å². The Balaban J connectivity index is 2.25. The van der Waals surface area contributed by atoms with Crippen molar-refractivity contribution in [1.29, 1.82) is 0 Å². The number of esters is 1. The Morgan fingerprint density at radius 1 is 1.20 bits per heavy atom. The largest absolute Gasteiger partial charge is 0.460 e. The molecular formula is C21H27ClO3. The van der Waals surface area contributed by atoms with Gasteiger partial charge >= 0.3 is 5.97 Å². The average Bonchev–Trinajstić information content (AvgIpc) is 2.52. The van der Waals surface area contributed by atoms with Crippen LogP contribution in [0.15, 0.2) is 24.3 Å². The van der Waals surface area contributed by atoms with Crippen molar-refractivity contribution in [3.05, 3.63) is 34.9 Å². The molecule has 1 saturated carbocycles. The smallest absolute Gasteiger partial charge is 0.310 e. The van der Waals surface area contributed by atoms with E-state index in [1.165, 1.54) is 19.3 Å². The van der Waals surface area contributed by atoms with E-state index in [0.717, 1.165) is 12.8 Å². The highest BCUT2D eigenvalue weighted by molar-refractivity contribution is 6.30. The fraction of sp³-hybridized carbons (Fsp3) is 0.571. The zero-order chi connectivity index (χ0) is 18.5. The Labute approximate surface area is 155 Å². The monoisotopic (exact) mass is 362 g/mol. The summed E-state index contributed by atoms with van der Waals surface area (Å²) in [4.78, 5) is 12.3. The molecule has 0 amide bonds. The fourth-order valence-electron chi connectivity index (χ4n) is 3.00. The maximum absolute atomic E-state index is 12.3. The lowest BCUT2D eigenvalue weighted by molar-refractivity contribution is -0.158. The minimum atomic E-state index is -1.57. The topological polar surface area (TPSA) is 46.5 Å². The van der Waals surface area contributed by atoms with Gasteiger partial charge in [-0.3, -0.25) is 4.79 Å². The van der Waals surface area contributed by atoms with Gasteiger partial charge < -0.3 is 9.84 Å². The summed E-state index contributed by atoms with van der Waals surface area (Å²) in [6.45, 7) is 5.42. The van der Waals surface area contributed by atoms with Crippen LogP contribution in [0.4, 0.5) is 0 Å². The summed E-state index contributed by atoms with van der Waals surface area (Å²) in [5, 5.41) is 11.7. The maximum Gasteiger partial charge on any atom is 0.310 e. The van der Waals surface area contributed by atoms with E-state index >= 15 is 0 Å². The van der Waals surface area contributed by atoms with Crippen LogP contribution in [0.1, 0.15) is 64.9 Å². The third-order valence-electron chi connectivity index (χ3n) is 4.23. The van der Waals surface area contributed by atoms with E-state index in [9.17, 15) is 9.90 Å². The number of ether oxygens (including phenoxy) is 1. The van der Waals surface area contributed by atoms with Crippen molar-refractivity contribution in [3.8, 4) is 11.8 Å². The molecule has 1 aliphatic carbocycles. The molecule has 4 heteroatoms. The van der Waals surface area contributed by atoms with E-state index in [-0.39, 0.29) is 12.3 Å². The molecule has 136 valence electrons. The first-order valence-electron chi connectivity index (χ1n) is 8.91. The summed E-state index contributed by atoms with van der Waals surface area (Å²) in [5.41, 5.74) is -1.61. The van der Waals surface area contributed by atoms with Crippen LogP contribution in [-0.2, 0) is 15.1 Å². The van der Waals surface area contributed by atoms with E-state index in [1.807, 2.05) is 0 Å². The molecule has 0 spiro atoms. The highest BCUT2D eigenvalue weighted by atomic mass is 35.5. The molecule has 0 unspecified atom stereocenters. The standard InChI is InChI=1S/C21H27ClO3/c1-20(2,3)25-19(23)15-21(24,17-9-11-18(22)12-10-17)14-13-16-7-5-4-6-8-16/h9-12,16,24H,4-8,15H2,1-3H3/t21-/m1/s1. The van der Waals surface area contributed by atoms with Gasteiger partial charge in [-0.25, -0.2) is 0 Å². The Morgan fingerprint density at radius 3 is 2.36 bits per heavy atom. The first-order valence-corrected chi connectivity index (χ1v) is 9.29. The predicted octanol–water partition coefficient (Wildman–Crippen LogP) is 4.84. The predicted molar refractivity (Wildman–Crippen MR) is 100 cm³/mol. The van der Waals surface area contributed by atoms with Crippen LogP contribution in [0, 0.1) is 17.8 Å². The molecule has 0 heterocycles. The van der Waals surface area contributed by atoms with E-state index < -0.39 is 17.2 Å². The molecule has 25 heavy (non-hydrogen) atoms. The van der Waals surface area contributed by atoms with Crippen molar-refractivity contribution in [2.75, 3.05) is 0 Å². The van der Waals surface area contributed by atoms with Crippen molar-refractivity contribution >= 4 is 17.6 Å². The molecule has 0 radical (unpaired) electrons. The minimum Gasteiger partial charge on any atom is -0.460 e. The molecule has 1 aliphatic rings. The third-order valence-corrected chi connectivity index (χ3v) is 4.48. The molecule has 1 atom stereocenters. The average molecular weight is 363 g/mol. The summed E-state index contributed by atoms with van der Waals surface area (Å²) in [5.74, 6) is 6.00. The zero-order valence-electron chi connectivity index (χ0n) is 15.3. The third kappa shape index (κ3) is 6.38. The van der Waals surface area contributed by atoms with Crippen LogP contribution in [-0.4, -0.2) is 16.7 Å². The first-order chi connectivity index (χ1) is 11.7. The normalized spacial score (nSPS) is 18.0. The van der Waals surface area contributed by atoms with Crippen LogP contribution < -0.4 is 0 Å². The van der Waals surface area contributed by atoms with Crippen molar-refractivity contribution in [2.24, 2.45) is 5.92 Å². The van der Waals surface area contributed by atoms with E-state index in [0.29, 0.717) is 10.6 Å². The van der Waals surface area contributed by atoms with Gasteiger partial charge in [-0.1, -0.05) is 54.8 Å². The SMILES string of the molecule is CC(C)(C)OC(=O)C[C@](O)(C#CC1CCCCC1)c1ccc(Cl)cc1. The second-order valence-electron chi connectivity index (χ2n) is 7.73. The molecule has 1 fully saturated rings. The number of aliphatic hydroxyl groups is 1. The van der Waals surface area contributed by atoms with Gasteiger partial charge in [0.2, 0.25) is 0 Å². The van der Waals surface area contributed by atoms with Gasteiger partial charge in [-0.15, -0.1) is 0 Å². The molecule has 2 rings (SSSR count). The van der Waals surface area contributed by atoms with Crippen molar-refractivity contribution < 1.29 is 14.6 Å². The lowest BCUT2D eigenvalue weighted by atomic mass is 9.86. The van der Waals surface area contributed by atoms with E-state index in [2.05, 4.69) is 11.8 Å². The quantitative estimate of drug-likeness (QED) is 0.618. The molecule has 1 aromatic carbocycles. The maximum atomic E-state index is 12.3. The Bertz CT molecular complexity index is 642. The summed E-state index contributed by atoms with van der Waals surface area (Å²) in [7, 11) is 0. The summed E-state index contributed by atoms with van der Waals surface area (Å²) >= 11 is 5.94. The fourth-order valence-corrected chi connectivity index (χ4v) is 3.12. The number of benzene rings is 1. The lowest BCUT2D eigenvalue weighted by Crippen LogP contribution is -2.32. The number of rotatable bonds is 3. The highest BCUT2D eigenvalue weighted by Crippen LogP contribution is 2.29. The second kappa shape index (κ2) is 8.25. The van der Waals surface area contributed by atoms with Crippen LogP contribution in [0.25, 0.3) is 0 Å². The molecule has 0 aliphatic heterocycles. The number of carbonyl (C=O) groups is 1. The van der Waals surface area contributed by atoms with Gasteiger partial charge in [0.25, 0.3) is 0 Å². The Kier molecular flexibility index (Phi) is 6.54. The summed E-state index contributed by atoms with van der Waals surface area (Å²) in [6, 6.07) is 6.81. The number of carbonyl (C=O) groups excluding carboxylic acids is 1. The number of hydrogen-bond acceptors (Lipinski definition) is 3. The molecule has 0 aromatic heterocycles. The molecular weight excluding hydrogens is 336 g/mol. The van der Waals surface area contributed by atoms with Crippen LogP contribution >= 0.6 is 11.6 Å². The minimum absolute atomic E-state index is 0.203. The van der Waals surface area contributed by atoms with Gasteiger partial charge in [0, 0.05) is 10.9 Å². The van der Waals surface area contributed by atoms with Crippen molar-refractivity contribution in [1.82, 2.24) is 0 Å². The molecule has 0 bridgehead atoms. The van der Waals surface area contributed by atoms with E-state index in [1.54, 1.807) is 45.0 Å². The molecule has 3 nitrogen and oxygen atoms in total. The Morgan fingerprint density at radius 2 is 1.80 bits per heavy atom. The van der Waals surface area contributed by atoms with Crippen molar-refractivity contribution in [2.45, 2.75) is 70.5 Å². The van der Waals surface area contributed by atoms with Gasteiger partial charge in [-0.05, 0) is 51.3 Å². The molecule has 1 aromatic rings. The lowest BCUT2D eigenvalue weighted by Gasteiger charge is -2.26. The number of halogens is 1. The molecule has 1 N–H and O–H groups in total. The van der Waals surface area contributed by atoms with Crippen LogP contribution in [0.3, 0.4) is 0 Å². The highest BCUT2D eigenvalue weighted by Gasteiger charge is 2.33. The van der Waals surface area contributed by atoms with Crippen LogP contribution in [0.2, 0.25) is 5.02 Å². The second-order valence-corrected chi connectivity index (χ2v) is 8.17. The van der Waals surface area contributed by atoms with Gasteiger partial charge in [0.15, 0.2) is 5.60 Å². The summed E-state index contributed by atoms with van der Waals surface area (Å²) in [6.07, 6.45) is 5.49. The molecule has 0 saturated heterocycles. The first kappa shape index (κ1) is 19.8.